The molecule has 4 nitrogen and oxygen atoms in total. The van der Waals surface area contributed by atoms with Crippen LogP contribution >= 0.6 is 0 Å². The van der Waals surface area contributed by atoms with Crippen LogP contribution in [0.25, 0.3) is 0 Å². The number of ether oxygens (including phenoxy) is 2. The molecule has 1 saturated heterocycles. The maximum absolute atomic E-state index is 6.16. The number of nitrogens with zero attached hydrogens (tertiary/aromatic N) is 1. The lowest BCUT2D eigenvalue weighted by Gasteiger charge is -2.27. The monoisotopic (exact) mass is 286 g/mol. The molecule has 0 bridgehead atoms. The van der Waals surface area contributed by atoms with E-state index < -0.39 is 0 Å². The van der Waals surface area contributed by atoms with Gasteiger partial charge in [-0.15, -0.1) is 0 Å². The highest BCUT2D eigenvalue weighted by molar-refractivity contribution is 4.79. The minimum absolute atomic E-state index is 0.393. The molecule has 0 aromatic rings. The van der Waals surface area contributed by atoms with Crippen LogP contribution in [0.4, 0.5) is 0 Å². The van der Waals surface area contributed by atoms with Crippen LogP contribution in [0.15, 0.2) is 0 Å². The summed E-state index contributed by atoms with van der Waals surface area (Å²) in [5.74, 6) is 0.687. The first kappa shape index (κ1) is 17.9. The Hall–Kier alpha value is -0.160. The van der Waals surface area contributed by atoms with Gasteiger partial charge in [-0.2, -0.15) is 0 Å². The third-order valence-corrected chi connectivity index (χ3v) is 3.65. The second kappa shape index (κ2) is 9.72. The SMILES string of the molecule is COCCN(CC(C)C)CC1CCC(CNC(C)C)O1. The van der Waals surface area contributed by atoms with E-state index >= 15 is 0 Å². The van der Waals surface area contributed by atoms with Crippen LogP contribution < -0.4 is 5.32 Å². The lowest BCUT2D eigenvalue weighted by atomic mass is 10.1. The Morgan fingerprint density at radius 1 is 1.20 bits per heavy atom. The predicted octanol–water partition coefficient (Wildman–Crippen LogP) is 2.14. The number of hydrogen-bond acceptors (Lipinski definition) is 4. The first-order chi connectivity index (χ1) is 9.51. The molecule has 0 aromatic heterocycles. The van der Waals surface area contributed by atoms with Gasteiger partial charge in [0.25, 0.3) is 0 Å². The summed E-state index contributed by atoms with van der Waals surface area (Å²) in [4.78, 5) is 2.48. The van der Waals surface area contributed by atoms with Crippen LogP contribution in [0, 0.1) is 5.92 Å². The number of methoxy groups -OCH3 is 1. The Morgan fingerprint density at radius 3 is 2.50 bits per heavy atom. The van der Waals surface area contributed by atoms with Gasteiger partial charge in [-0.3, -0.25) is 4.90 Å². The summed E-state index contributed by atoms with van der Waals surface area (Å²) in [6, 6.07) is 0.539. The molecule has 20 heavy (non-hydrogen) atoms. The first-order valence-electron chi connectivity index (χ1n) is 8.11. The maximum Gasteiger partial charge on any atom is 0.0707 e. The van der Waals surface area contributed by atoms with Crippen LogP contribution in [0.3, 0.4) is 0 Å². The molecule has 0 spiro atoms. The van der Waals surface area contributed by atoms with Gasteiger partial charge < -0.3 is 14.8 Å². The summed E-state index contributed by atoms with van der Waals surface area (Å²) >= 11 is 0. The molecule has 0 saturated carbocycles. The fourth-order valence-electron chi connectivity index (χ4n) is 2.71. The van der Waals surface area contributed by atoms with E-state index in [1.807, 2.05) is 0 Å². The Balaban J connectivity index is 2.30. The average Bonchev–Trinajstić information content (AvgIpc) is 2.80. The Labute approximate surface area is 125 Å². The molecule has 0 aromatic carbocycles. The third kappa shape index (κ3) is 7.58. The van der Waals surface area contributed by atoms with E-state index in [0.29, 0.717) is 24.2 Å². The van der Waals surface area contributed by atoms with Gasteiger partial charge in [-0.05, 0) is 18.8 Å². The van der Waals surface area contributed by atoms with Crippen molar-refractivity contribution in [1.82, 2.24) is 10.2 Å². The molecule has 2 unspecified atom stereocenters. The zero-order valence-electron chi connectivity index (χ0n) is 14.0. The minimum Gasteiger partial charge on any atom is -0.383 e. The molecule has 120 valence electrons. The summed E-state index contributed by atoms with van der Waals surface area (Å²) in [6.07, 6.45) is 3.16. The van der Waals surface area contributed by atoms with Crippen molar-refractivity contribution >= 4 is 0 Å². The van der Waals surface area contributed by atoms with Crippen LogP contribution in [-0.4, -0.2) is 63.0 Å². The van der Waals surface area contributed by atoms with E-state index in [9.17, 15) is 0 Å². The Kier molecular flexibility index (Phi) is 8.69. The van der Waals surface area contributed by atoms with Crippen molar-refractivity contribution in [3.05, 3.63) is 0 Å². The summed E-state index contributed by atoms with van der Waals surface area (Å²) in [5.41, 5.74) is 0. The van der Waals surface area contributed by atoms with Crippen molar-refractivity contribution in [2.24, 2.45) is 5.92 Å². The van der Waals surface area contributed by atoms with Crippen molar-refractivity contribution in [2.45, 2.75) is 58.8 Å². The van der Waals surface area contributed by atoms with Gasteiger partial charge in [-0.25, -0.2) is 0 Å². The molecule has 1 heterocycles. The summed E-state index contributed by atoms with van der Waals surface area (Å²) in [6.45, 7) is 13.9. The van der Waals surface area contributed by atoms with Crippen LogP contribution in [0.2, 0.25) is 0 Å². The van der Waals surface area contributed by atoms with Crippen molar-refractivity contribution in [3.8, 4) is 0 Å². The van der Waals surface area contributed by atoms with Gasteiger partial charge in [0, 0.05) is 39.3 Å². The second-order valence-electron chi connectivity index (χ2n) is 6.67. The fourth-order valence-corrected chi connectivity index (χ4v) is 2.71. The van der Waals surface area contributed by atoms with E-state index in [1.165, 1.54) is 12.8 Å². The van der Waals surface area contributed by atoms with Gasteiger partial charge >= 0.3 is 0 Å². The van der Waals surface area contributed by atoms with Crippen LogP contribution in [0.5, 0.6) is 0 Å². The normalized spacial score (nSPS) is 23.4. The molecule has 0 radical (unpaired) electrons. The van der Waals surface area contributed by atoms with E-state index in [1.54, 1.807) is 7.11 Å². The van der Waals surface area contributed by atoms with E-state index in [2.05, 4.69) is 37.9 Å². The largest absolute Gasteiger partial charge is 0.383 e. The van der Waals surface area contributed by atoms with Crippen molar-refractivity contribution in [3.63, 3.8) is 0 Å². The van der Waals surface area contributed by atoms with Gasteiger partial charge in [0.2, 0.25) is 0 Å². The molecule has 1 rings (SSSR count). The number of hydrogen-bond donors (Lipinski definition) is 1. The summed E-state index contributed by atoms with van der Waals surface area (Å²) in [5, 5.41) is 3.47. The molecule has 2 atom stereocenters. The highest BCUT2D eigenvalue weighted by Crippen LogP contribution is 2.20. The smallest absolute Gasteiger partial charge is 0.0707 e. The maximum atomic E-state index is 6.16. The highest BCUT2D eigenvalue weighted by Gasteiger charge is 2.26. The molecule has 0 amide bonds. The lowest BCUT2D eigenvalue weighted by molar-refractivity contribution is 0.0158. The quantitative estimate of drug-likeness (QED) is 0.667. The van der Waals surface area contributed by atoms with Gasteiger partial charge in [-0.1, -0.05) is 27.7 Å². The average molecular weight is 286 g/mol. The number of rotatable bonds is 10. The second-order valence-corrected chi connectivity index (χ2v) is 6.67. The minimum atomic E-state index is 0.393. The molecule has 1 N–H and O–H groups in total. The van der Waals surface area contributed by atoms with Crippen molar-refractivity contribution < 1.29 is 9.47 Å². The van der Waals surface area contributed by atoms with E-state index in [-0.39, 0.29) is 0 Å². The van der Waals surface area contributed by atoms with E-state index in [0.717, 1.165) is 32.8 Å². The van der Waals surface area contributed by atoms with Crippen molar-refractivity contribution in [2.75, 3.05) is 39.9 Å². The Bertz CT molecular complexity index is 247. The lowest BCUT2D eigenvalue weighted by Crippen LogP contribution is -2.38. The molecule has 1 aliphatic heterocycles. The Morgan fingerprint density at radius 2 is 1.90 bits per heavy atom. The van der Waals surface area contributed by atoms with Crippen molar-refractivity contribution in [1.29, 1.82) is 0 Å². The number of nitrogens with one attached hydrogen (secondary N) is 1. The molecular weight excluding hydrogens is 252 g/mol. The van der Waals surface area contributed by atoms with Crippen LogP contribution in [0.1, 0.15) is 40.5 Å². The van der Waals surface area contributed by atoms with Gasteiger partial charge in [0.05, 0.1) is 18.8 Å². The predicted molar refractivity (Wildman–Crippen MR) is 84.2 cm³/mol. The molecule has 1 aliphatic rings. The standard InChI is InChI=1S/C16H34N2O2/c1-13(2)11-18(8-9-19-5)12-16-7-6-15(20-16)10-17-14(3)4/h13-17H,6-12H2,1-5H3. The summed E-state index contributed by atoms with van der Waals surface area (Å²) < 4.78 is 11.4. The van der Waals surface area contributed by atoms with Gasteiger partial charge in [0.1, 0.15) is 0 Å². The van der Waals surface area contributed by atoms with Gasteiger partial charge in [0.15, 0.2) is 0 Å². The molecule has 1 fully saturated rings. The van der Waals surface area contributed by atoms with Crippen LogP contribution in [-0.2, 0) is 9.47 Å². The zero-order chi connectivity index (χ0) is 15.0. The van der Waals surface area contributed by atoms with E-state index in [4.69, 9.17) is 9.47 Å². The molecule has 0 aliphatic carbocycles. The summed E-state index contributed by atoms with van der Waals surface area (Å²) in [7, 11) is 1.77. The third-order valence-electron chi connectivity index (χ3n) is 3.65. The topological polar surface area (TPSA) is 33.7 Å². The molecular formula is C16H34N2O2. The zero-order valence-corrected chi connectivity index (χ0v) is 14.0. The molecule has 4 heteroatoms. The first-order valence-corrected chi connectivity index (χ1v) is 8.11. The highest BCUT2D eigenvalue weighted by atomic mass is 16.5. The fraction of sp³-hybridized carbons (Fsp3) is 1.00.